The molecule has 1 aromatic carbocycles. The van der Waals surface area contributed by atoms with Crippen molar-refractivity contribution in [3.8, 4) is 5.75 Å². The number of hydrogen-bond acceptors (Lipinski definition) is 8. The quantitative estimate of drug-likeness (QED) is 0.375. The summed E-state index contributed by atoms with van der Waals surface area (Å²) in [6, 6.07) is 2.12. The van der Waals surface area contributed by atoms with Gasteiger partial charge in [0.1, 0.15) is 23.7 Å². The predicted octanol–water partition coefficient (Wildman–Crippen LogP) is -0.270. The first-order chi connectivity index (χ1) is 13.4. The van der Waals surface area contributed by atoms with Crippen LogP contribution in [0.1, 0.15) is 12.7 Å². The highest BCUT2D eigenvalue weighted by Gasteiger charge is 2.30. The van der Waals surface area contributed by atoms with E-state index in [9.17, 15) is 26.4 Å². The van der Waals surface area contributed by atoms with Gasteiger partial charge in [0.25, 0.3) is 0 Å². The standard InChI is InChI=1S/C15H18N2O10S2/c1-3-8-4-9-10(28(22,23)16-6-12(18)19)5-11(15(26-2)14(9)27-8)29(24,25)17-7-13(20)21/h4-5,16-17H,3,6-7H2,1-2H3,(H,18,19)(H,20,21). The van der Waals surface area contributed by atoms with Crippen LogP contribution in [0.4, 0.5) is 0 Å². The van der Waals surface area contributed by atoms with Gasteiger partial charge in [-0.3, -0.25) is 9.59 Å². The molecule has 29 heavy (non-hydrogen) atoms. The first-order valence-electron chi connectivity index (χ1n) is 7.99. The second-order valence-electron chi connectivity index (χ2n) is 5.65. The second-order valence-corrected chi connectivity index (χ2v) is 9.12. The number of sulfonamides is 2. The van der Waals surface area contributed by atoms with E-state index < -0.39 is 54.9 Å². The van der Waals surface area contributed by atoms with Crippen molar-refractivity contribution in [2.45, 2.75) is 23.1 Å². The topological polar surface area (TPSA) is 189 Å². The Morgan fingerprint density at radius 3 is 1.97 bits per heavy atom. The zero-order chi connectivity index (χ0) is 22.0. The number of carboxylic acid groups (broad SMARTS) is 2. The van der Waals surface area contributed by atoms with Gasteiger partial charge in [-0.2, -0.15) is 9.44 Å². The number of rotatable bonds is 10. The SMILES string of the molecule is CCc1cc2c(S(=O)(=O)NCC(=O)O)cc(S(=O)(=O)NCC(=O)O)c(OC)c2o1. The van der Waals surface area contributed by atoms with Crippen LogP contribution in [0.5, 0.6) is 5.75 Å². The van der Waals surface area contributed by atoms with Gasteiger partial charge in [-0.25, -0.2) is 16.8 Å². The lowest BCUT2D eigenvalue weighted by Gasteiger charge is -2.13. The second kappa shape index (κ2) is 8.36. The number of carboxylic acids is 2. The molecular formula is C15H18N2O10S2. The van der Waals surface area contributed by atoms with Gasteiger partial charge in [-0.1, -0.05) is 6.92 Å². The van der Waals surface area contributed by atoms with E-state index in [4.69, 9.17) is 19.4 Å². The molecule has 0 radical (unpaired) electrons. The molecule has 0 aliphatic carbocycles. The number of furan rings is 1. The number of methoxy groups -OCH3 is 1. The number of nitrogens with one attached hydrogen (secondary N) is 2. The molecule has 0 aliphatic rings. The Morgan fingerprint density at radius 1 is 1.00 bits per heavy atom. The van der Waals surface area contributed by atoms with Crippen molar-refractivity contribution in [1.29, 1.82) is 0 Å². The zero-order valence-electron chi connectivity index (χ0n) is 15.3. The fraction of sp³-hybridized carbons (Fsp3) is 0.333. The molecule has 12 nitrogen and oxygen atoms in total. The van der Waals surface area contributed by atoms with Gasteiger partial charge in [0.15, 0.2) is 11.3 Å². The van der Waals surface area contributed by atoms with E-state index in [0.717, 1.165) is 13.2 Å². The molecule has 0 spiro atoms. The molecule has 4 N–H and O–H groups in total. The van der Waals surface area contributed by atoms with Crippen molar-refractivity contribution in [3.05, 3.63) is 17.9 Å². The van der Waals surface area contributed by atoms with Crippen LogP contribution in [-0.2, 0) is 36.1 Å². The van der Waals surface area contributed by atoms with E-state index in [-0.39, 0.29) is 16.7 Å². The van der Waals surface area contributed by atoms with Crippen LogP contribution in [-0.4, -0.2) is 59.2 Å². The lowest BCUT2D eigenvalue weighted by Crippen LogP contribution is -2.31. The average molecular weight is 450 g/mol. The summed E-state index contributed by atoms with van der Waals surface area (Å²) >= 11 is 0. The van der Waals surface area contributed by atoms with Crippen LogP contribution in [0.25, 0.3) is 11.0 Å². The van der Waals surface area contributed by atoms with Crippen LogP contribution in [0, 0.1) is 0 Å². The number of aryl methyl sites for hydroxylation is 1. The summed E-state index contributed by atoms with van der Waals surface area (Å²) in [7, 11) is -7.86. The van der Waals surface area contributed by atoms with E-state index in [1.54, 1.807) is 11.6 Å². The van der Waals surface area contributed by atoms with Crippen molar-refractivity contribution >= 4 is 43.0 Å². The Balaban J connectivity index is 2.82. The number of hydrogen-bond donors (Lipinski definition) is 4. The van der Waals surface area contributed by atoms with Crippen molar-refractivity contribution in [2.24, 2.45) is 0 Å². The summed E-state index contributed by atoms with van der Waals surface area (Å²) < 4.78 is 64.7. The van der Waals surface area contributed by atoms with Crippen molar-refractivity contribution < 1.29 is 45.8 Å². The Bertz CT molecular complexity index is 1170. The minimum absolute atomic E-state index is 0.0197. The van der Waals surface area contributed by atoms with Crippen molar-refractivity contribution in [2.75, 3.05) is 20.2 Å². The molecule has 0 atom stereocenters. The summed E-state index contributed by atoms with van der Waals surface area (Å²) in [4.78, 5) is 20.2. The van der Waals surface area contributed by atoms with Crippen LogP contribution >= 0.6 is 0 Å². The normalized spacial score (nSPS) is 12.2. The minimum atomic E-state index is -4.53. The molecule has 160 valence electrons. The first kappa shape index (κ1) is 22.6. The highest BCUT2D eigenvalue weighted by atomic mass is 32.2. The number of ether oxygens (including phenoxy) is 1. The fourth-order valence-electron chi connectivity index (χ4n) is 2.43. The fourth-order valence-corrected chi connectivity index (χ4v) is 4.85. The third-order valence-corrected chi connectivity index (χ3v) is 6.55. The molecule has 0 amide bonds. The highest BCUT2D eigenvalue weighted by molar-refractivity contribution is 7.90. The minimum Gasteiger partial charge on any atom is -0.492 e. The van der Waals surface area contributed by atoms with Crippen LogP contribution in [0.15, 0.2) is 26.3 Å². The molecule has 14 heteroatoms. The lowest BCUT2D eigenvalue weighted by molar-refractivity contribution is -0.136. The van der Waals surface area contributed by atoms with E-state index in [0.29, 0.717) is 12.2 Å². The predicted molar refractivity (Wildman–Crippen MR) is 97.8 cm³/mol. The number of aliphatic carboxylic acids is 2. The van der Waals surface area contributed by atoms with Gasteiger partial charge in [0.2, 0.25) is 20.0 Å². The van der Waals surface area contributed by atoms with Gasteiger partial charge >= 0.3 is 11.9 Å². The van der Waals surface area contributed by atoms with Crippen LogP contribution < -0.4 is 14.2 Å². The molecule has 0 saturated carbocycles. The summed E-state index contributed by atoms with van der Waals surface area (Å²) in [5, 5.41) is 17.4. The summed E-state index contributed by atoms with van der Waals surface area (Å²) in [6.45, 7) is -0.179. The summed E-state index contributed by atoms with van der Waals surface area (Å²) in [6.07, 6.45) is 0.346. The smallest absolute Gasteiger partial charge is 0.318 e. The first-order valence-corrected chi connectivity index (χ1v) is 11.0. The molecule has 0 saturated heterocycles. The Morgan fingerprint density at radius 2 is 1.52 bits per heavy atom. The molecule has 1 heterocycles. The Hall–Kier alpha value is -2.68. The van der Waals surface area contributed by atoms with E-state index in [1.807, 2.05) is 4.72 Å². The van der Waals surface area contributed by atoms with Gasteiger partial charge < -0.3 is 19.4 Å². The number of benzene rings is 1. The monoisotopic (exact) mass is 450 g/mol. The molecule has 2 rings (SSSR count). The maximum Gasteiger partial charge on any atom is 0.318 e. The maximum absolute atomic E-state index is 12.6. The molecule has 0 fully saturated rings. The molecule has 1 aromatic heterocycles. The Labute approximate surface area is 165 Å². The van der Waals surface area contributed by atoms with Gasteiger partial charge in [-0.15, -0.1) is 0 Å². The van der Waals surface area contributed by atoms with Gasteiger partial charge in [0.05, 0.1) is 12.0 Å². The van der Waals surface area contributed by atoms with Crippen LogP contribution in [0.2, 0.25) is 0 Å². The molecule has 0 unspecified atom stereocenters. The molecular weight excluding hydrogens is 432 g/mol. The summed E-state index contributed by atoms with van der Waals surface area (Å²) in [5.74, 6) is -2.91. The zero-order valence-corrected chi connectivity index (χ0v) is 16.9. The number of fused-ring (bicyclic) bond motifs is 1. The van der Waals surface area contributed by atoms with Gasteiger partial charge in [0, 0.05) is 11.8 Å². The third kappa shape index (κ3) is 4.84. The molecule has 0 aliphatic heterocycles. The van der Waals surface area contributed by atoms with Crippen molar-refractivity contribution in [1.82, 2.24) is 9.44 Å². The third-order valence-electron chi connectivity index (χ3n) is 3.70. The van der Waals surface area contributed by atoms with E-state index in [2.05, 4.69) is 0 Å². The van der Waals surface area contributed by atoms with E-state index in [1.165, 1.54) is 6.07 Å². The van der Waals surface area contributed by atoms with Crippen LogP contribution in [0.3, 0.4) is 0 Å². The number of carbonyl (C=O) groups is 2. The molecule has 0 bridgehead atoms. The average Bonchev–Trinajstić information content (AvgIpc) is 3.07. The largest absolute Gasteiger partial charge is 0.492 e. The lowest BCUT2D eigenvalue weighted by atomic mass is 10.2. The van der Waals surface area contributed by atoms with Gasteiger partial charge in [-0.05, 0) is 12.1 Å². The van der Waals surface area contributed by atoms with Crippen molar-refractivity contribution in [3.63, 3.8) is 0 Å². The Kier molecular flexibility index (Phi) is 6.52. The summed E-state index contributed by atoms with van der Waals surface area (Å²) in [5.41, 5.74) is -0.196. The van der Waals surface area contributed by atoms with E-state index >= 15 is 0 Å². The maximum atomic E-state index is 12.6. The highest BCUT2D eigenvalue weighted by Crippen LogP contribution is 2.39. The molecule has 2 aromatic rings.